The van der Waals surface area contributed by atoms with Gasteiger partial charge in [-0.05, 0) is 12.8 Å². The first-order chi connectivity index (χ1) is 27.0. The van der Waals surface area contributed by atoms with Crippen LogP contribution < -0.4 is 5.32 Å². The van der Waals surface area contributed by atoms with Crippen molar-refractivity contribution in [2.24, 2.45) is 0 Å². The molecule has 3 atom stereocenters. The molecule has 56 heavy (non-hydrogen) atoms. The Kier molecular flexibility index (Phi) is 39.6. The minimum absolute atomic E-state index is 0.0788. The molecule has 0 saturated carbocycles. The Hall–Kier alpha value is -0.500. The smallest absolute Gasteiger partial charge is 0.391 e. The van der Waals surface area contributed by atoms with E-state index >= 15 is 0 Å². The molecule has 0 rings (SSSR count). The molecular formula is C47H98N2O6P+. The van der Waals surface area contributed by atoms with Crippen LogP contribution in [0.15, 0.2) is 0 Å². The molecule has 0 bridgehead atoms. The zero-order valence-corrected chi connectivity index (χ0v) is 39.0. The van der Waals surface area contributed by atoms with Crippen LogP contribution in [0.5, 0.6) is 0 Å². The SMILES string of the molecule is CCCCCCCCCCCCCCCCCCCCC(=O)NC(COP(=O)(O)OCC[N+](C)(C)C)C(O)CCCCCCCCCCCCCCCCCC. The lowest BCUT2D eigenvalue weighted by atomic mass is 10.0. The van der Waals surface area contributed by atoms with Crippen LogP contribution in [0, 0.1) is 0 Å². The zero-order chi connectivity index (χ0) is 41.4. The van der Waals surface area contributed by atoms with Gasteiger partial charge in [0.25, 0.3) is 0 Å². The Balaban J connectivity index is 4.26. The fourth-order valence-corrected chi connectivity index (χ4v) is 8.20. The van der Waals surface area contributed by atoms with E-state index in [1.54, 1.807) is 0 Å². The van der Waals surface area contributed by atoms with E-state index in [-0.39, 0.29) is 19.1 Å². The van der Waals surface area contributed by atoms with Crippen LogP contribution in [0.25, 0.3) is 0 Å². The third kappa shape index (κ3) is 41.7. The molecule has 0 spiro atoms. The number of aliphatic hydroxyl groups excluding tert-OH is 1. The summed E-state index contributed by atoms with van der Waals surface area (Å²) in [5, 5.41) is 14.0. The second-order valence-corrected chi connectivity index (χ2v) is 19.7. The predicted octanol–water partition coefficient (Wildman–Crippen LogP) is 13.8. The van der Waals surface area contributed by atoms with Gasteiger partial charge in [0.1, 0.15) is 13.2 Å². The van der Waals surface area contributed by atoms with E-state index in [0.717, 1.165) is 38.5 Å². The number of likely N-dealkylation sites (N-methyl/N-ethyl adjacent to an activating group) is 1. The summed E-state index contributed by atoms with van der Waals surface area (Å²) in [5.74, 6) is -0.139. The fraction of sp³-hybridized carbons (Fsp3) is 0.979. The number of nitrogens with zero attached hydrogens (tertiary/aromatic N) is 1. The molecule has 0 aromatic rings. The van der Waals surface area contributed by atoms with Crippen molar-refractivity contribution in [2.75, 3.05) is 40.9 Å². The molecule has 9 heteroatoms. The van der Waals surface area contributed by atoms with Gasteiger partial charge in [0, 0.05) is 6.42 Å². The lowest BCUT2D eigenvalue weighted by Crippen LogP contribution is -2.46. The number of quaternary nitrogens is 1. The topological polar surface area (TPSA) is 105 Å². The Bertz CT molecular complexity index is 885. The van der Waals surface area contributed by atoms with Crippen LogP contribution in [0.2, 0.25) is 0 Å². The van der Waals surface area contributed by atoms with Crippen molar-refractivity contribution in [3.63, 3.8) is 0 Å². The van der Waals surface area contributed by atoms with Crippen LogP contribution in [0.4, 0.5) is 0 Å². The number of phosphoric ester groups is 1. The molecule has 0 aliphatic carbocycles. The highest BCUT2D eigenvalue weighted by Crippen LogP contribution is 2.43. The summed E-state index contributed by atoms with van der Waals surface area (Å²) in [5.41, 5.74) is 0. The third-order valence-electron chi connectivity index (χ3n) is 11.4. The molecule has 0 radical (unpaired) electrons. The summed E-state index contributed by atoms with van der Waals surface area (Å²) in [6.45, 7) is 4.92. The number of carbonyl (C=O) groups is 1. The molecule has 0 aliphatic rings. The number of carbonyl (C=O) groups excluding carboxylic acids is 1. The van der Waals surface area contributed by atoms with Gasteiger partial charge in [0.2, 0.25) is 5.91 Å². The molecule has 3 unspecified atom stereocenters. The van der Waals surface area contributed by atoms with E-state index < -0.39 is 20.0 Å². The Morgan fingerprint density at radius 2 is 0.857 bits per heavy atom. The predicted molar refractivity (Wildman–Crippen MR) is 240 cm³/mol. The number of hydrogen-bond donors (Lipinski definition) is 3. The van der Waals surface area contributed by atoms with E-state index in [9.17, 15) is 19.4 Å². The van der Waals surface area contributed by atoms with Gasteiger partial charge in [-0.2, -0.15) is 0 Å². The van der Waals surface area contributed by atoms with Crippen molar-refractivity contribution in [2.45, 2.75) is 257 Å². The normalized spacial score (nSPS) is 14.2. The van der Waals surface area contributed by atoms with Gasteiger partial charge in [0.05, 0.1) is 39.9 Å². The number of rotatable bonds is 45. The largest absolute Gasteiger partial charge is 0.472 e. The summed E-state index contributed by atoms with van der Waals surface area (Å²) in [6.07, 6.45) is 44.1. The second-order valence-electron chi connectivity index (χ2n) is 18.2. The summed E-state index contributed by atoms with van der Waals surface area (Å²) in [4.78, 5) is 23.2. The Labute approximate surface area is 349 Å². The maximum Gasteiger partial charge on any atom is 0.472 e. The standard InChI is InChI=1S/C47H97N2O6P/c1-6-8-10-12-14-16-18-20-22-24-25-27-29-31-33-35-37-39-41-47(51)48-45(44-55-56(52,53)54-43-42-49(3,4)5)46(50)40-38-36-34-32-30-28-26-23-21-19-17-15-13-11-9-7-2/h45-46,50H,6-44H2,1-5H3,(H-,48,51,52,53)/p+1. The second kappa shape index (κ2) is 39.9. The average Bonchev–Trinajstić information content (AvgIpc) is 3.15. The van der Waals surface area contributed by atoms with Crippen LogP contribution in [0.3, 0.4) is 0 Å². The third-order valence-corrected chi connectivity index (χ3v) is 12.3. The van der Waals surface area contributed by atoms with Gasteiger partial charge < -0.3 is 19.8 Å². The van der Waals surface area contributed by atoms with Gasteiger partial charge >= 0.3 is 7.82 Å². The van der Waals surface area contributed by atoms with Gasteiger partial charge in [0.15, 0.2) is 0 Å². The molecule has 0 aromatic carbocycles. The average molecular weight is 818 g/mol. The van der Waals surface area contributed by atoms with Crippen LogP contribution >= 0.6 is 7.82 Å². The number of nitrogens with one attached hydrogen (secondary N) is 1. The lowest BCUT2D eigenvalue weighted by Gasteiger charge is -2.26. The summed E-state index contributed by atoms with van der Waals surface area (Å²) < 4.78 is 23.7. The highest BCUT2D eigenvalue weighted by Gasteiger charge is 2.28. The van der Waals surface area contributed by atoms with Gasteiger partial charge in [-0.1, -0.05) is 226 Å². The monoisotopic (exact) mass is 818 g/mol. The Morgan fingerprint density at radius 3 is 1.20 bits per heavy atom. The van der Waals surface area contributed by atoms with Crippen LogP contribution in [-0.4, -0.2) is 73.4 Å². The van der Waals surface area contributed by atoms with Gasteiger partial charge in [-0.25, -0.2) is 4.57 Å². The van der Waals surface area contributed by atoms with E-state index in [1.165, 1.54) is 180 Å². The fourth-order valence-electron chi connectivity index (χ4n) is 7.46. The van der Waals surface area contributed by atoms with E-state index in [0.29, 0.717) is 23.9 Å². The van der Waals surface area contributed by atoms with Gasteiger partial charge in [-0.15, -0.1) is 0 Å². The quantitative estimate of drug-likeness (QED) is 0.0321. The van der Waals surface area contributed by atoms with E-state index in [2.05, 4.69) is 19.2 Å². The molecular weight excluding hydrogens is 719 g/mol. The maximum atomic E-state index is 12.9. The van der Waals surface area contributed by atoms with E-state index in [4.69, 9.17) is 9.05 Å². The number of aliphatic hydroxyl groups is 1. The number of hydrogen-bond acceptors (Lipinski definition) is 5. The summed E-state index contributed by atoms with van der Waals surface area (Å²) in [6, 6.07) is -0.753. The molecule has 336 valence electrons. The maximum absolute atomic E-state index is 12.9. The molecule has 0 aromatic heterocycles. The minimum Gasteiger partial charge on any atom is -0.391 e. The lowest BCUT2D eigenvalue weighted by molar-refractivity contribution is -0.870. The van der Waals surface area contributed by atoms with E-state index in [1.807, 2.05) is 21.1 Å². The Morgan fingerprint density at radius 1 is 0.536 bits per heavy atom. The van der Waals surface area contributed by atoms with Crippen molar-refractivity contribution in [3.05, 3.63) is 0 Å². The summed E-state index contributed by atoms with van der Waals surface area (Å²) >= 11 is 0. The van der Waals surface area contributed by atoms with Crippen LogP contribution in [0.1, 0.15) is 245 Å². The summed E-state index contributed by atoms with van der Waals surface area (Å²) in [7, 11) is 1.63. The van der Waals surface area contributed by atoms with Gasteiger partial charge in [-0.3, -0.25) is 13.8 Å². The zero-order valence-electron chi connectivity index (χ0n) is 38.2. The van der Waals surface area contributed by atoms with Crippen molar-refractivity contribution in [3.8, 4) is 0 Å². The number of unbranched alkanes of at least 4 members (excludes halogenated alkanes) is 32. The first kappa shape index (κ1) is 55.5. The molecule has 0 heterocycles. The number of amides is 1. The molecule has 0 aliphatic heterocycles. The van der Waals surface area contributed by atoms with Crippen molar-refractivity contribution in [1.29, 1.82) is 0 Å². The highest BCUT2D eigenvalue weighted by molar-refractivity contribution is 7.47. The van der Waals surface area contributed by atoms with Crippen LogP contribution in [-0.2, 0) is 18.4 Å². The molecule has 3 N–H and O–H groups in total. The molecule has 1 amide bonds. The molecule has 0 saturated heterocycles. The minimum atomic E-state index is -4.31. The molecule has 0 fully saturated rings. The first-order valence-electron chi connectivity index (χ1n) is 24.4. The number of phosphoric acid groups is 1. The highest BCUT2D eigenvalue weighted by atomic mass is 31.2. The van der Waals surface area contributed by atoms with Crippen molar-refractivity contribution in [1.82, 2.24) is 5.32 Å². The van der Waals surface area contributed by atoms with Crippen molar-refractivity contribution < 1.29 is 32.9 Å². The molecule has 8 nitrogen and oxygen atoms in total. The first-order valence-corrected chi connectivity index (χ1v) is 25.9. The van der Waals surface area contributed by atoms with Crippen molar-refractivity contribution >= 4 is 13.7 Å².